The van der Waals surface area contributed by atoms with Gasteiger partial charge in [0, 0.05) is 23.7 Å². The van der Waals surface area contributed by atoms with E-state index < -0.39 is 0 Å². The van der Waals surface area contributed by atoms with Crippen LogP contribution in [0.3, 0.4) is 0 Å². The Morgan fingerprint density at radius 2 is 2.00 bits per heavy atom. The van der Waals surface area contributed by atoms with Gasteiger partial charge in [0.25, 0.3) is 0 Å². The minimum absolute atomic E-state index is 0.165. The molecule has 0 aliphatic heterocycles. The van der Waals surface area contributed by atoms with Gasteiger partial charge in [0.1, 0.15) is 0 Å². The summed E-state index contributed by atoms with van der Waals surface area (Å²) >= 11 is 5.93. The summed E-state index contributed by atoms with van der Waals surface area (Å²) in [6, 6.07) is 7.96. The van der Waals surface area contributed by atoms with Gasteiger partial charge < -0.3 is 10.2 Å². The molecule has 0 fully saturated rings. The average molecular weight is 241 g/mol. The first-order chi connectivity index (χ1) is 7.42. The highest BCUT2D eigenvalue weighted by Crippen LogP contribution is 2.11. The number of rotatable bonds is 5. The molecule has 0 spiro atoms. The molecule has 0 radical (unpaired) electrons. The standard InChI is InChI=1S/C13H21ClN2/c1-13(2,16(3)4)10-15-9-11-6-5-7-12(14)8-11/h5-8,15H,9-10H2,1-4H3. The number of nitrogens with zero attached hydrogens (tertiary/aromatic N) is 1. The summed E-state index contributed by atoms with van der Waals surface area (Å²) in [5.74, 6) is 0. The summed E-state index contributed by atoms with van der Waals surface area (Å²) in [7, 11) is 4.20. The van der Waals surface area contributed by atoms with Crippen LogP contribution in [0.15, 0.2) is 24.3 Å². The molecular formula is C13H21ClN2. The van der Waals surface area contributed by atoms with Crippen LogP contribution in [0, 0.1) is 0 Å². The lowest BCUT2D eigenvalue weighted by molar-refractivity contribution is 0.190. The maximum atomic E-state index is 5.93. The Morgan fingerprint density at radius 1 is 1.31 bits per heavy atom. The van der Waals surface area contributed by atoms with Crippen LogP contribution in [0.1, 0.15) is 19.4 Å². The van der Waals surface area contributed by atoms with Gasteiger partial charge in [-0.2, -0.15) is 0 Å². The van der Waals surface area contributed by atoms with E-state index in [0.717, 1.165) is 18.1 Å². The largest absolute Gasteiger partial charge is 0.311 e. The predicted octanol–water partition coefficient (Wildman–Crippen LogP) is 2.77. The second-order valence-electron chi connectivity index (χ2n) is 4.94. The molecule has 90 valence electrons. The summed E-state index contributed by atoms with van der Waals surface area (Å²) < 4.78 is 0. The van der Waals surface area contributed by atoms with Crippen LogP contribution in [0.5, 0.6) is 0 Å². The SMILES string of the molecule is CN(C)C(C)(C)CNCc1cccc(Cl)c1. The van der Waals surface area contributed by atoms with Crippen molar-refractivity contribution in [1.82, 2.24) is 10.2 Å². The quantitative estimate of drug-likeness (QED) is 0.852. The highest BCUT2D eigenvalue weighted by Gasteiger charge is 2.19. The highest BCUT2D eigenvalue weighted by atomic mass is 35.5. The molecule has 2 nitrogen and oxygen atoms in total. The van der Waals surface area contributed by atoms with E-state index in [9.17, 15) is 0 Å². The van der Waals surface area contributed by atoms with Crippen LogP contribution in [-0.4, -0.2) is 31.1 Å². The second-order valence-corrected chi connectivity index (χ2v) is 5.38. The van der Waals surface area contributed by atoms with Crippen LogP contribution >= 0.6 is 11.6 Å². The molecule has 3 heteroatoms. The maximum absolute atomic E-state index is 5.93. The minimum atomic E-state index is 0.165. The monoisotopic (exact) mass is 240 g/mol. The second kappa shape index (κ2) is 5.67. The van der Waals surface area contributed by atoms with Gasteiger partial charge in [-0.1, -0.05) is 23.7 Å². The van der Waals surface area contributed by atoms with Crippen molar-refractivity contribution in [2.75, 3.05) is 20.6 Å². The Balaban J connectivity index is 2.42. The van der Waals surface area contributed by atoms with Crippen LogP contribution in [0.2, 0.25) is 5.02 Å². The molecular weight excluding hydrogens is 220 g/mol. The van der Waals surface area contributed by atoms with Crippen molar-refractivity contribution in [2.45, 2.75) is 25.9 Å². The van der Waals surface area contributed by atoms with Gasteiger partial charge in [-0.15, -0.1) is 0 Å². The number of nitrogens with one attached hydrogen (secondary N) is 1. The molecule has 0 amide bonds. The third-order valence-electron chi connectivity index (χ3n) is 2.99. The Hall–Kier alpha value is -0.570. The first kappa shape index (κ1) is 13.5. The van der Waals surface area contributed by atoms with Crippen molar-refractivity contribution >= 4 is 11.6 Å². The van der Waals surface area contributed by atoms with E-state index in [2.05, 4.69) is 44.2 Å². The summed E-state index contributed by atoms with van der Waals surface area (Å²) in [6.45, 7) is 6.25. The lowest BCUT2D eigenvalue weighted by Crippen LogP contribution is -2.46. The van der Waals surface area contributed by atoms with E-state index in [1.165, 1.54) is 5.56 Å². The molecule has 0 aliphatic rings. The zero-order valence-corrected chi connectivity index (χ0v) is 11.3. The van der Waals surface area contributed by atoms with Crippen LogP contribution in [-0.2, 0) is 6.54 Å². The number of likely N-dealkylation sites (N-methyl/N-ethyl adjacent to an activating group) is 1. The van der Waals surface area contributed by atoms with E-state index in [0.29, 0.717) is 0 Å². The van der Waals surface area contributed by atoms with E-state index in [4.69, 9.17) is 11.6 Å². The van der Waals surface area contributed by atoms with Crippen LogP contribution < -0.4 is 5.32 Å². The number of hydrogen-bond donors (Lipinski definition) is 1. The minimum Gasteiger partial charge on any atom is -0.311 e. The Labute approximate surface area is 104 Å². The van der Waals surface area contributed by atoms with Crippen molar-refractivity contribution in [3.63, 3.8) is 0 Å². The summed E-state index contributed by atoms with van der Waals surface area (Å²) in [6.07, 6.45) is 0. The molecule has 0 unspecified atom stereocenters. The van der Waals surface area contributed by atoms with Gasteiger partial charge in [-0.3, -0.25) is 0 Å². The maximum Gasteiger partial charge on any atom is 0.0409 e. The molecule has 0 bridgehead atoms. The first-order valence-electron chi connectivity index (χ1n) is 5.54. The molecule has 0 atom stereocenters. The Bertz CT molecular complexity index is 334. The molecule has 16 heavy (non-hydrogen) atoms. The fraction of sp³-hybridized carbons (Fsp3) is 0.538. The fourth-order valence-corrected chi connectivity index (χ4v) is 1.53. The smallest absolute Gasteiger partial charge is 0.0409 e. The molecule has 0 heterocycles. The highest BCUT2D eigenvalue weighted by molar-refractivity contribution is 6.30. The zero-order valence-electron chi connectivity index (χ0n) is 10.5. The lowest BCUT2D eigenvalue weighted by atomic mass is 10.0. The molecule has 1 aromatic carbocycles. The van der Waals surface area contributed by atoms with Gasteiger partial charge in [-0.05, 0) is 45.6 Å². The van der Waals surface area contributed by atoms with E-state index in [-0.39, 0.29) is 5.54 Å². The normalized spacial score (nSPS) is 12.1. The third-order valence-corrected chi connectivity index (χ3v) is 3.22. The van der Waals surface area contributed by atoms with Gasteiger partial charge in [0.05, 0.1) is 0 Å². The van der Waals surface area contributed by atoms with Gasteiger partial charge in [0.2, 0.25) is 0 Å². The average Bonchev–Trinajstić information content (AvgIpc) is 2.17. The van der Waals surface area contributed by atoms with Crippen molar-refractivity contribution in [1.29, 1.82) is 0 Å². The van der Waals surface area contributed by atoms with E-state index in [1.807, 2.05) is 18.2 Å². The Kier molecular flexibility index (Phi) is 4.78. The van der Waals surface area contributed by atoms with E-state index in [1.54, 1.807) is 0 Å². The summed E-state index contributed by atoms with van der Waals surface area (Å²) in [4.78, 5) is 2.22. The third kappa shape index (κ3) is 4.12. The van der Waals surface area contributed by atoms with Crippen molar-refractivity contribution < 1.29 is 0 Å². The van der Waals surface area contributed by atoms with E-state index >= 15 is 0 Å². The molecule has 0 saturated heterocycles. The first-order valence-corrected chi connectivity index (χ1v) is 5.92. The predicted molar refractivity (Wildman–Crippen MR) is 70.9 cm³/mol. The number of benzene rings is 1. The number of hydrogen-bond acceptors (Lipinski definition) is 2. The number of halogens is 1. The summed E-state index contributed by atoms with van der Waals surface area (Å²) in [5.41, 5.74) is 1.39. The molecule has 0 aromatic heterocycles. The topological polar surface area (TPSA) is 15.3 Å². The van der Waals surface area contributed by atoms with Gasteiger partial charge in [0.15, 0.2) is 0 Å². The van der Waals surface area contributed by atoms with Gasteiger partial charge >= 0.3 is 0 Å². The van der Waals surface area contributed by atoms with Crippen LogP contribution in [0.25, 0.3) is 0 Å². The lowest BCUT2D eigenvalue weighted by Gasteiger charge is -2.32. The van der Waals surface area contributed by atoms with Crippen LogP contribution in [0.4, 0.5) is 0 Å². The molecule has 1 rings (SSSR count). The molecule has 1 N–H and O–H groups in total. The summed E-state index contributed by atoms with van der Waals surface area (Å²) in [5, 5.41) is 4.25. The molecule has 1 aromatic rings. The fourth-order valence-electron chi connectivity index (χ4n) is 1.32. The van der Waals surface area contributed by atoms with Gasteiger partial charge in [-0.25, -0.2) is 0 Å². The van der Waals surface area contributed by atoms with Crippen molar-refractivity contribution in [3.8, 4) is 0 Å². The van der Waals surface area contributed by atoms with Crippen molar-refractivity contribution in [3.05, 3.63) is 34.9 Å². The molecule has 0 saturated carbocycles. The van der Waals surface area contributed by atoms with Crippen molar-refractivity contribution in [2.24, 2.45) is 0 Å². The molecule has 0 aliphatic carbocycles. The zero-order chi connectivity index (χ0) is 12.2. The Morgan fingerprint density at radius 3 is 2.56 bits per heavy atom.